The van der Waals surface area contributed by atoms with Crippen molar-refractivity contribution in [3.63, 3.8) is 0 Å². The fraction of sp³-hybridized carbons (Fsp3) is 0.537. The highest BCUT2D eigenvalue weighted by atomic mass is 32.1. The minimum atomic E-state index is -2.27. The second kappa shape index (κ2) is 36.0. The number of para-hydroxylation sites is 1. The predicted octanol–water partition coefficient (Wildman–Crippen LogP) is 9.79. The maximum atomic E-state index is 15.0. The van der Waals surface area contributed by atoms with Crippen LogP contribution in [0.4, 0.5) is 22.0 Å². The molecule has 6 aliphatic rings. The summed E-state index contributed by atoms with van der Waals surface area (Å²) < 4.78 is 25.6. The number of rotatable bonds is 34. The van der Waals surface area contributed by atoms with Crippen LogP contribution in [-0.4, -0.2) is 210 Å². The van der Waals surface area contributed by atoms with Gasteiger partial charge in [0.25, 0.3) is 17.7 Å². The number of benzene rings is 3. The molecule has 0 unspecified atom stereocenters. The Balaban J connectivity index is 0.605. The van der Waals surface area contributed by atoms with Crippen molar-refractivity contribution in [2.45, 2.75) is 180 Å². The molecular weight excluding hydrogens is 1460 g/mol. The quantitative estimate of drug-likeness (QED) is 0.00946. The molecule has 3 saturated heterocycles. The highest BCUT2D eigenvalue weighted by Gasteiger charge is 2.53. The van der Waals surface area contributed by atoms with E-state index in [4.69, 9.17) is 35.0 Å². The van der Waals surface area contributed by atoms with Crippen LogP contribution in [0.2, 0.25) is 18.1 Å². The van der Waals surface area contributed by atoms with Crippen molar-refractivity contribution < 1.29 is 56.8 Å². The number of anilines is 3. The van der Waals surface area contributed by atoms with Gasteiger partial charge < -0.3 is 65.9 Å². The van der Waals surface area contributed by atoms with Gasteiger partial charge in [0.2, 0.25) is 29.5 Å². The monoisotopic (exact) mass is 1570 g/mol. The smallest absolute Gasteiger partial charge is 0.312 e. The average molecular weight is 1570 g/mol. The van der Waals surface area contributed by atoms with Crippen LogP contribution in [-0.2, 0) is 44.6 Å². The maximum absolute atomic E-state index is 15.0. The summed E-state index contributed by atoms with van der Waals surface area (Å²) in [4.78, 5) is 125. The Hall–Kier alpha value is -9.62. The molecule has 5 aliphatic heterocycles. The van der Waals surface area contributed by atoms with Crippen molar-refractivity contribution in [1.29, 1.82) is 0 Å². The summed E-state index contributed by atoms with van der Waals surface area (Å²) in [6, 6.07) is 24.4. The van der Waals surface area contributed by atoms with Gasteiger partial charge in [0, 0.05) is 101 Å². The number of unbranched alkanes of at least 4 members (excludes halogenated alkanes) is 2. The summed E-state index contributed by atoms with van der Waals surface area (Å²) >= 11 is 1.60. The summed E-state index contributed by atoms with van der Waals surface area (Å²) in [6.45, 7) is 27.4. The van der Waals surface area contributed by atoms with Gasteiger partial charge in [-0.2, -0.15) is 0 Å². The second-order valence-corrected chi connectivity index (χ2v) is 38.3. The summed E-state index contributed by atoms with van der Waals surface area (Å²) in [5.41, 5.74) is 18.4. The summed E-state index contributed by atoms with van der Waals surface area (Å²) in [7, 11) is -2.27. The summed E-state index contributed by atoms with van der Waals surface area (Å²) in [5.74, 6) is -1.17. The van der Waals surface area contributed by atoms with Crippen LogP contribution in [0, 0.1) is 24.2 Å². The van der Waals surface area contributed by atoms with Crippen LogP contribution in [0.25, 0.3) is 21.7 Å². The minimum Gasteiger partial charge on any atom is -0.488 e. The highest BCUT2D eigenvalue weighted by Crippen LogP contribution is 2.45. The fourth-order valence-electron chi connectivity index (χ4n) is 15.9. The molecule has 30 heteroatoms. The summed E-state index contributed by atoms with van der Waals surface area (Å²) in [5, 5.41) is 26.0. The molecule has 6 atom stereocenters. The number of piperazine rings is 1. The van der Waals surface area contributed by atoms with Crippen molar-refractivity contribution in [2.24, 2.45) is 28.7 Å². The zero-order valence-electron chi connectivity index (χ0n) is 66.0. The van der Waals surface area contributed by atoms with Gasteiger partial charge >= 0.3 is 6.03 Å². The third-order valence-electron chi connectivity index (χ3n) is 23.6. The minimum absolute atomic E-state index is 0.0653. The van der Waals surface area contributed by atoms with Crippen molar-refractivity contribution >= 4 is 84.2 Å². The Bertz CT molecular complexity index is 4350. The molecule has 8 heterocycles. The number of carbonyl (C=O) groups is 8. The average Bonchev–Trinajstić information content (AvgIpc) is 0.934. The van der Waals surface area contributed by atoms with Crippen LogP contribution < -0.4 is 47.1 Å². The number of imide groups is 1. The number of hydrogen-bond acceptors (Lipinski definition) is 21. The first-order valence-electron chi connectivity index (χ1n) is 39.6. The van der Waals surface area contributed by atoms with E-state index in [2.05, 4.69) is 103 Å². The number of amides is 9. The number of hydrogen-bond donors (Lipinski definition) is 6. The van der Waals surface area contributed by atoms with E-state index in [0.717, 1.165) is 114 Å². The van der Waals surface area contributed by atoms with Gasteiger partial charge in [-0.25, -0.2) is 9.78 Å². The van der Waals surface area contributed by atoms with E-state index in [0.29, 0.717) is 79.9 Å². The molecule has 28 nitrogen and oxygen atoms in total. The van der Waals surface area contributed by atoms with E-state index in [9.17, 15) is 33.6 Å². The molecule has 112 heavy (non-hydrogen) atoms. The van der Waals surface area contributed by atoms with Gasteiger partial charge in [-0.1, -0.05) is 89.6 Å². The molecule has 3 aromatic heterocycles. The van der Waals surface area contributed by atoms with Crippen LogP contribution >= 0.6 is 11.3 Å². The number of carbonyl (C=O) groups excluding carboxylic acids is 8. The number of fused-ring (bicyclic) bond motifs is 3. The van der Waals surface area contributed by atoms with Crippen LogP contribution in [0.15, 0.2) is 107 Å². The van der Waals surface area contributed by atoms with Crippen molar-refractivity contribution in [3.8, 4) is 33.3 Å². The van der Waals surface area contributed by atoms with E-state index >= 15 is 4.79 Å². The van der Waals surface area contributed by atoms with Crippen LogP contribution in [0.3, 0.4) is 0 Å². The third kappa shape index (κ3) is 19.3. The van der Waals surface area contributed by atoms with E-state index < -0.39 is 55.5 Å². The second-order valence-electron chi connectivity index (χ2n) is 32.7. The largest absolute Gasteiger partial charge is 0.488 e. The Morgan fingerprint density at radius 1 is 0.848 bits per heavy atom. The van der Waals surface area contributed by atoms with Gasteiger partial charge in [0.15, 0.2) is 19.9 Å². The first-order chi connectivity index (χ1) is 53.6. The Kier molecular flexibility index (Phi) is 26.3. The Labute approximate surface area is 661 Å². The van der Waals surface area contributed by atoms with Crippen LogP contribution in [0.5, 0.6) is 11.6 Å². The number of thiazole rings is 1. The predicted molar refractivity (Wildman–Crippen MR) is 430 cm³/mol. The number of aryl methyl sites for hydroxylation is 1. The standard InChI is InChI=1S/C82H110N16O12SSi/c1-52(2)72(77(103)98-49-61(110-112(8,9)81(5,6)7)43-66(98)76(102)88-53(3)57-22-24-58(25-23-57)73-54(4)87-51-111-73)68-45-69(92-109-68)107-42-41-93-37-30-55(31-38-93)47-94-39-40-95-60(48-94)46-86-74-65(95)44-63(90-91-74)62-17-11-12-19-67(62)108-50-56-20-26-59(27-21-56)89-75(101)64(18-15-34-85-80(84)106)96(79(105)82(78(83)104)32-16-33-82)35-13-10-14-36-97-70(99)28-29-71(97)100/h11-12,17,19-29,44-45,51-53,55,60-61,64,66,72H,10,13-16,18,30-43,46-50H2,1-9H3,(H2,83,104)(H,86,91)(H,88,102)(H,89,101)(H3,84,85,106)/t53-,60-,61+,64-,66-,72+/m0/s1. The number of nitrogens with two attached hydrogens (primary N) is 2. The molecular formula is C82H110N16O12SSi. The molecule has 9 amide bonds. The van der Waals surface area contributed by atoms with Gasteiger partial charge in [0.1, 0.15) is 42.4 Å². The fourth-order valence-corrected chi connectivity index (χ4v) is 18.1. The third-order valence-corrected chi connectivity index (χ3v) is 29.1. The number of urea groups is 1. The normalized spacial score (nSPS) is 19.4. The molecule has 4 fully saturated rings. The number of likely N-dealkylation sites (tertiary alicyclic amines) is 2. The number of aromatic nitrogens is 4. The summed E-state index contributed by atoms with van der Waals surface area (Å²) in [6.07, 6.45) is 7.64. The number of nitrogens with one attached hydrogen (secondary N) is 4. The SMILES string of the molecule is Cc1ncsc1-c1ccc([C@H](C)NC(=O)[C@@H]2C[C@@H](O[Si](C)(C)C(C)(C)C)CN2C(=O)[C@@H](c2cc(OCCN3CCC(CN4CCN5c6cc(-c7ccccc7OCc7ccc(NC(=O)[C@H](CCCNC(N)=O)N(CCCCCN8C(=O)C=CC8=O)C(=O)C8(C(N)=O)CCC8)cc7)nnc6NC[C@H]5C4)CC3)no2)C(C)C)cc1. The lowest BCUT2D eigenvalue weighted by molar-refractivity contribution is -0.159. The topological polar surface area (TPSA) is 349 Å². The molecule has 3 aromatic carbocycles. The van der Waals surface area contributed by atoms with E-state index in [1.807, 2.05) is 81.7 Å². The molecule has 0 radical (unpaired) electrons. The molecule has 12 rings (SSSR count). The lowest BCUT2D eigenvalue weighted by Crippen LogP contribution is -2.59. The molecule has 8 N–H and O–H groups in total. The Morgan fingerprint density at radius 2 is 1.59 bits per heavy atom. The van der Waals surface area contributed by atoms with Gasteiger partial charge in [-0.05, 0) is 167 Å². The zero-order valence-corrected chi connectivity index (χ0v) is 67.9. The lowest BCUT2D eigenvalue weighted by atomic mass is 9.67. The molecule has 0 bridgehead atoms. The molecule has 0 spiro atoms. The number of nitrogens with zero attached hydrogens (tertiary/aromatic N) is 10. The van der Waals surface area contributed by atoms with E-state index in [1.54, 1.807) is 34.4 Å². The highest BCUT2D eigenvalue weighted by molar-refractivity contribution is 7.13. The zero-order chi connectivity index (χ0) is 79.6. The number of primary amides is 2. The molecule has 1 saturated carbocycles. The van der Waals surface area contributed by atoms with E-state index in [-0.39, 0.29) is 105 Å². The lowest BCUT2D eigenvalue weighted by Gasteiger charge is -2.47. The van der Waals surface area contributed by atoms with Crippen molar-refractivity contribution in [3.05, 3.63) is 125 Å². The first-order valence-corrected chi connectivity index (χ1v) is 43.4. The molecule has 6 aromatic rings. The van der Waals surface area contributed by atoms with Crippen molar-refractivity contribution in [2.75, 3.05) is 101 Å². The van der Waals surface area contributed by atoms with E-state index in [1.165, 1.54) is 17.1 Å². The molecule has 600 valence electrons. The van der Waals surface area contributed by atoms with Gasteiger partial charge in [-0.3, -0.25) is 48.3 Å². The first kappa shape index (κ1) is 81.9. The van der Waals surface area contributed by atoms with Crippen molar-refractivity contribution in [1.82, 2.24) is 55.5 Å². The number of ether oxygens (including phenoxy) is 2. The molecule has 1 aliphatic carbocycles. The maximum Gasteiger partial charge on any atom is 0.312 e. The van der Waals surface area contributed by atoms with Crippen LogP contribution in [0.1, 0.15) is 147 Å². The Morgan fingerprint density at radius 3 is 2.27 bits per heavy atom. The number of piperidine rings is 1. The van der Waals surface area contributed by atoms with Gasteiger partial charge in [-0.15, -0.1) is 21.5 Å². The van der Waals surface area contributed by atoms with Gasteiger partial charge in [0.05, 0.1) is 45.7 Å².